The largest absolute Gasteiger partial charge is 0.461 e. The van der Waals surface area contributed by atoms with E-state index in [4.69, 9.17) is 4.74 Å². The summed E-state index contributed by atoms with van der Waals surface area (Å²) in [5.74, 6) is -6.37. The number of hydrogen-bond acceptors (Lipinski definition) is 3. The quantitative estimate of drug-likeness (QED) is 0.516. The monoisotopic (exact) mass is 430 g/mol. The molecule has 12 heteroatoms. The van der Waals surface area contributed by atoms with Crippen molar-refractivity contribution < 1.29 is 54.2 Å². The van der Waals surface area contributed by atoms with Crippen LogP contribution in [-0.2, 0) is 9.53 Å². The number of esters is 1. The maximum absolute atomic E-state index is 13.2. The SMILES string of the molecule is CCC(C)(C(=O)OC1CC2CC1C(C(O)(C(F)(F)F)C(F)(F)F)C2)C(F)(F)F. The van der Waals surface area contributed by atoms with Crippen molar-refractivity contribution in [1.29, 1.82) is 0 Å². The van der Waals surface area contributed by atoms with E-state index >= 15 is 0 Å². The molecule has 28 heavy (non-hydrogen) atoms. The summed E-state index contributed by atoms with van der Waals surface area (Å²) in [5.41, 5.74) is -7.96. The van der Waals surface area contributed by atoms with Crippen LogP contribution >= 0.6 is 0 Å². The van der Waals surface area contributed by atoms with E-state index in [2.05, 4.69) is 0 Å². The molecule has 0 heterocycles. The number of aliphatic hydroxyl groups is 1. The van der Waals surface area contributed by atoms with E-state index in [1.165, 1.54) is 0 Å². The maximum atomic E-state index is 13.2. The molecule has 0 radical (unpaired) electrons. The standard InChI is InChI=1S/C16H19F9O3/c1-3-12(2,14(17,18)19)11(26)28-10-6-7-4-8(10)9(5-7)13(27,15(20,21)22)16(23,24)25/h7-10,27H,3-6H2,1-2H3. The van der Waals surface area contributed by atoms with Crippen LogP contribution in [0.3, 0.4) is 0 Å². The van der Waals surface area contributed by atoms with Crippen LogP contribution < -0.4 is 0 Å². The normalized spacial score (nSPS) is 31.0. The molecule has 164 valence electrons. The highest BCUT2D eigenvalue weighted by molar-refractivity contribution is 5.77. The van der Waals surface area contributed by atoms with Crippen LogP contribution in [0.5, 0.6) is 0 Å². The third-order valence-corrected chi connectivity index (χ3v) is 6.20. The van der Waals surface area contributed by atoms with Crippen molar-refractivity contribution in [1.82, 2.24) is 0 Å². The second-order valence-corrected chi connectivity index (χ2v) is 7.73. The lowest BCUT2D eigenvalue weighted by Crippen LogP contribution is -2.63. The molecule has 3 nitrogen and oxygen atoms in total. The second-order valence-electron chi connectivity index (χ2n) is 7.73. The van der Waals surface area contributed by atoms with Gasteiger partial charge >= 0.3 is 24.5 Å². The highest BCUT2D eigenvalue weighted by atomic mass is 19.4. The van der Waals surface area contributed by atoms with Gasteiger partial charge in [-0.2, -0.15) is 39.5 Å². The molecule has 2 aliphatic carbocycles. The molecule has 0 aromatic rings. The van der Waals surface area contributed by atoms with Crippen molar-refractivity contribution in [2.75, 3.05) is 0 Å². The van der Waals surface area contributed by atoms with Gasteiger partial charge in [-0.05, 0) is 38.5 Å². The second kappa shape index (κ2) is 6.66. The van der Waals surface area contributed by atoms with E-state index < -0.39 is 72.2 Å². The average Bonchev–Trinajstić information content (AvgIpc) is 3.09. The van der Waals surface area contributed by atoms with E-state index in [1.807, 2.05) is 0 Å². The first-order chi connectivity index (χ1) is 12.4. The Morgan fingerprint density at radius 2 is 1.43 bits per heavy atom. The van der Waals surface area contributed by atoms with Gasteiger partial charge < -0.3 is 9.84 Å². The van der Waals surface area contributed by atoms with Crippen molar-refractivity contribution in [3.63, 3.8) is 0 Å². The van der Waals surface area contributed by atoms with Gasteiger partial charge in [-0.3, -0.25) is 4.79 Å². The Morgan fingerprint density at radius 1 is 0.929 bits per heavy atom. The van der Waals surface area contributed by atoms with Gasteiger partial charge in [0, 0.05) is 11.8 Å². The van der Waals surface area contributed by atoms with Crippen LogP contribution in [0.25, 0.3) is 0 Å². The minimum atomic E-state index is -6.04. The summed E-state index contributed by atoms with van der Waals surface area (Å²) in [6.07, 6.45) is -20.3. The first kappa shape index (κ1) is 23.1. The lowest BCUT2D eigenvalue weighted by Gasteiger charge is -2.43. The third-order valence-electron chi connectivity index (χ3n) is 6.20. The number of fused-ring (bicyclic) bond motifs is 2. The summed E-state index contributed by atoms with van der Waals surface area (Å²) in [6.45, 7) is 1.62. The number of rotatable bonds is 4. The van der Waals surface area contributed by atoms with E-state index in [0.29, 0.717) is 6.92 Å². The molecule has 2 bridgehead atoms. The van der Waals surface area contributed by atoms with Crippen LogP contribution in [0, 0.1) is 23.2 Å². The van der Waals surface area contributed by atoms with Crippen LogP contribution in [0.15, 0.2) is 0 Å². The van der Waals surface area contributed by atoms with Gasteiger partial charge in [0.15, 0.2) is 5.41 Å². The van der Waals surface area contributed by atoms with Crippen molar-refractivity contribution in [3.8, 4) is 0 Å². The van der Waals surface area contributed by atoms with Crippen LogP contribution in [0.1, 0.15) is 39.5 Å². The molecular formula is C16H19F9O3. The summed E-state index contributed by atoms with van der Waals surface area (Å²) in [5, 5.41) is 9.62. The molecule has 0 amide bonds. The molecule has 5 unspecified atom stereocenters. The molecule has 2 fully saturated rings. The number of alkyl halides is 9. The summed E-state index contributed by atoms with van der Waals surface area (Å²) < 4.78 is 123. The average molecular weight is 430 g/mol. The number of halogens is 9. The third kappa shape index (κ3) is 3.35. The Hall–Kier alpha value is -1.20. The predicted octanol–water partition coefficient (Wildman–Crippen LogP) is 4.78. The summed E-state index contributed by atoms with van der Waals surface area (Å²) in [4.78, 5) is 12.1. The highest BCUT2D eigenvalue weighted by Gasteiger charge is 2.77. The topological polar surface area (TPSA) is 46.5 Å². The van der Waals surface area contributed by atoms with Gasteiger partial charge in [0.1, 0.15) is 6.10 Å². The minimum Gasteiger partial charge on any atom is -0.461 e. The zero-order valence-electron chi connectivity index (χ0n) is 14.8. The van der Waals surface area contributed by atoms with Gasteiger partial charge in [0.05, 0.1) is 0 Å². The fourth-order valence-corrected chi connectivity index (χ4v) is 4.21. The molecule has 0 saturated heterocycles. The molecule has 2 saturated carbocycles. The highest BCUT2D eigenvalue weighted by Crippen LogP contribution is 2.60. The zero-order valence-corrected chi connectivity index (χ0v) is 14.8. The van der Waals surface area contributed by atoms with Crippen molar-refractivity contribution in [3.05, 3.63) is 0 Å². The Morgan fingerprint density at radius 3 is 1.79 bits per heavy atom. The van der Waals surface area contributed by atoms with Crippen LogP contribution in [0.4, 0.5) is 39.5 Å². The molecule has 0 spiro atoms. The molecule has 0 aliphatic heterocycles. The smallest absolute Gasteiger partial charge is 0.426 e. The van der Waals surface area contributed by atoms with Gasteiger partial charge in [0.2, 0.25) is 0 Å². The van der Waals surface area contributed by atoms with Crippen molar-refractivity contribution in [2.45, 2.75) is 69.8 Å². The molecule has 0 aromatic carbocycles. The van der Waals surface area contributed by atoms with Crippen LogP contribution in [0.2, 0.25) is 0 Å². The molecule has 5 atom stereocenters. The molecular weight excluding hydrogens is 411 g/mol. The van der Waals surface area contributed by atoms with E-state index in [0.717, 1.165) is 6.92 Å². The number of carbonyl (C=O) groups is 1. The molecule has 0 aromatic heterocycles. The number of carbonyl (C=O) groups excluding carboxylic acids is 1. The molecule has 2 aliphatic rings. The fraction of sp³-hybridized carbons (Fsp3) is 0.938. The summed E-state index contributed by atoms with van der Waals surface area (Å²) in [7, 11) is 0. The molecule has 1 N–H and O–H groups in total. The van der Waals surface area contributed by atoms with E-state index in [1.54, 1.807) is 0 Å². The van der Waals surface area contributed by atoms with Gasteiger partial charge in [0.25, 0.3) is 5.60 Å². The first-order valence-corrected chi connectivity index (χ1v) is 8.53. The Balaban J connectivity index is 2.30. The Labute approximate surface area is 154 Å². The Kier molecular flexibility index (Phi) is 5.49. The van der Waals surface area contributed by atoms with Gasteiger partial charge in [-0.25, -0.2) is 0 Å². The summed E-state index contributed by atoms with van der Waals surface area (Å²) >= 11 is 0. The predicted molar refractivity (Wildman–Crippen MR) is 75.7 cm³/mol. The van der Waals surface area contributed by atoms with E-state index in [9.17, 15) is 49.4 Å². The lowest BCUT2D eigenvalue weighted by molar-refractivity contribution is -0.390. The van der Waals surface area contributed by atoms with Crippen LogP contribution in [-0.4, -0.2) is 41.3 Å². The zero-order chi connectivity index (χ0) is 21.9. The minimum absolute atomic E-state index is 0.143. The fourth-order valence-electron chi connectivity index (χ4n) is 4.21. The Bertz CT molecular complexity index is 596. The first-order valence-electron chi connectivity index (χ1n) is 8.53. The van der Waals surface area contributed by atoms with Crippen molar-refractivity contribution >= 4 is 5.97 Å². The number of ether oxygens (including phenoxy) is 1. The van der Waals surface area contributed by atoms with Crippen molar-refractivity contribution in [2.24, 2.45) is 23.2 Å². The molecule has 2 rings (SSSR count). The summed E-state index contributed by atoms with van der Waals surface area (Å²) in [6, 6.07) is 0. The van der Waals surface area contributed by atoms with E-state index in [-0.39, 0.29) is 12.8 Å². The maximum Gasteiger partial charge on any atom is 0.426 e. The number of hydrogen-bond donors (Lipinski definition) is 1. The lowest BCUT2D eigenvalue weighted by atomic mass is 9.74. The van der Waals surface area contributed by atoms with Gasteiger partial charge in [-0.1, -0.05) is 6.92 Å². The van der Waals surface area contributed by atoms with Gasteiger partial charge in [-0.15, -0.1) is 0 Å².